The summed E-state index contributed by atoms with van der Waals surface area (Å²) in [5, 5.41) is 20.6. The highest BCUT2D eigenvalue weighted by Crippen LogP contribution is 2.51. The van der Waals surface area contributed by atoms with Gasteiger partial charge < -0.3 is 15.3 Å². The van der Waals surface area contributed by atoms with Crippen molar-refractivity contribution in [2.45, 2.75) is 17.9 Å². The third-order valence-electron chi connectivity index (χ3n) is 5.30. The Morgan fingerprint density at radius 3 is 2.94 bits per heavy atom. The number of aromatic amines is 1. The molecular formula is C21H23N7O3S. The average Bonchev–Trinajstić information content (AvgIpc) is 3.39. The number of rotatable bonds is 7. The van der Waals surface area contributed by atoms with Gasteiger partial charge in [0.05, 0.1) is 22.3 Å². The van der Waals surface area contributed by atoms with E-state index in [1.165, 1.54) is 0 Å². The van der Waals surface area contributed by atoms with Gasteiger partial charge in [0.2, 0.25) is 5.95 Å². The molecule has 0 spiro atoms. The monoisotopic (exact) mass is 453 g/mol. The Balaban J connectivity index is 1.47. The molecule has 0 saturated heterocycles. The van der Waals surface area contributed by atoms with Crippen molar-refractivity contribution in [3.05, 3.63) is 60.4 Å². The van der Waals surface area contributed by atoms with E-state index >= 15 is 0 Å². The lowest BCUT2D eigenvalue weighted by Crippen LogP contribution is -2.21. The first-order chi connectivity index (χ1) is 15.5. The molecule has 0 amide bonds. The average molecular weight is 454 g/mol. The maximum Gasteiger partial charge on any atom is 0.229 e. The first-order valence-electron chi connectivity index (χ1n) is 10.1. The minimum Gasteiger partial charge on any atom is -0.396 e. The summed E-state index contributed by atoms with van der Waals surface area (Å²) in [5.41, 5.74) is 3.35. The fourth-order valence-corrected chi connectivity index (χ4v) is 5.07. The summed E-state index contributed by atoms with van der Waals surface area (Å²) in [4.78, 5) is 11.5. The fraction of sp³-hybridized carbons (Fsp3) is 0.190. The lowest BCUT2D eigenvalue weighted by Gasteiger charge is -2.27. The highest BCUT2D eigenvalue weighted by molar-refractivity contribution is 8.22. The molecule has 1 aliphatic heterocycles. The number of H-pyrrole nitrogens is 1. The number of aromatic nitrogens is 4. The van der Waals surface area contributed by atoms with Crippen LogP contribution in [0.15, 0.2) is 59.8 Å². The lowest BCUT2D eigenvalue weighted by atomic mass is 10.2. The van der Waals surface area contributed by atoms with E-state index in [0.717, 1.165) is 22.2 Å². The zero-order valence-corrected chi connectivity index (χ0v) is 17.9. The Bertz CT molecular complexity index is 1260. The van der Waals surface area contributed by atoms with E-state index in [1.54, 1.807) is 18.5 Å². The number of anilines is 4. The smallest absolute Gasteiger partial charge is 0.229 e. The maximum atomic E-state index is 10.2. The predicted octanol–water partition coefficient (Wildman–Crippen LogP) is 3.74. The van der Waals surface area contributed by atoms with E-state index in [9.17, 15) is 14.2 Å². The minimum atomic E-state index is -2.98. The van der Waals surface area contributed by atoms with Crippen molar-refractivity contribution in [2.24, 2.45) is 0 Å². The molecule has 6 N–H and O–H groups in total. The van der Waals surface area contributed by atoms with Crippen LogP contribution in [-0.4, -0.2) is 47.5 Å². The van der Waals surface area contributed by atoms with Crippen LogP contribution in [0.2, 0.25) is 0 Å². The summed E-state index contributed by atoms with van der Waals surface area (Å²) >= 11 is 0. The molecule has 2 aromatic heterocycles. The number of hydrogen-bond donors (Lipinski definition) is 6. The first-order valence-corrected chi connectivity index (χ1v) is 11.7. The summed E-state index contributed by atoms with van der Waals surface area (Å²) in [6, 6.07) is 13.1. The normalized spacial score (nSPS) is 15.5. The van der Waals surface area contributed by atoms with Crippen LogP contribution >= 0.6 is 10.8 Å². The van der Waals surface area contributed by atoms with Gasteiger partial charge in [0.1, 0.15) is 5.82 Å². The van der Waals surface area contributed by atoms with Gasteiger partial charge in [-0.2, -0.15) is 10.1 Å². The predicted molar refractivity (Wildman–Crippen MR) is 125 cm³/mol. The molecule has 5 rings (SSSR count). The first kappa shape index (κ1) is 20.7. The van der Waals surface area contributed by atoms with E-state index in [4.69, 9.17) is 0 Å². The van der Waals surface area contributed by atoms with Gasteiger partial charge in [0.25, 0.3) is 0 Å². The molecule has 0 unspecified atom stereocenters. The van der Waals surface area contributed by atoms with Gasteiger partial charge in [-0.15, -0.1) is 10.8 Å². The highest BCUT2D eigenvalue weighted by atomic mass is 32.3. The second-order valence-corrected chi connectivity index (χ2v) is 9.22. The van der Waals surface area contributed by atoms with Gasteiger partial charge in [-0.1, -0.05) is 12.1 Å². The Hall–Kier alpha value is -3.22. The number of hydrogen-bond acceptors (Lipinski definition) is 9. The fourth-order valence-electron chi connectivity index (χ4n) is 3.76. The largest absolute Gasteiger partial charge is 0.396 e. The van der Waals surface area contributed by atoms with E-state index in [0.29, 0.717) is 41.9 Å². The van der Waals surface area contributed by atoms with Crippen molar-refractivity contribution in [1.82, 2.24) is 24.9 Å². The summed E-state index contributed by atoms with van der Waals surface area (Å²) < 4.78 is 23.1. The minimum absolute atomic E-state index is 0.0591. The highest BCUT2D eigenvalue weighted by Gasteiger charge is 2.26. The topological polar surface area (TPSA) is 142 Å². The zero-order valence-electron chi connectivity index (χ0n) is 17.1. The molecule has 2 aromatic carbocycles. The van der Waals surface area contributed by atoms with Crippen molar-refractivity contribution in [2.75, 3.05) is 23.4 Å². The van der Waals surface area contributed by atoms with Crippen LogP contribution < -0.4 is 14.9 Å². The van der Waals surface area contributed by atoms with Crippen molar-refractivity contribution >= 4 is 44.8 Å². The van der Waals surface area contributed by atoms with Gasteiger partial charge in [-0.05, 0) is 42.3 Å². The van der Waals surface area contributed by atoms with Crippen molar-refractivity contribution in [3.8, 4) is 0 Å². The van der Waals surface area contributed by atoms with Crippen LogP contribution in [0.4, 0.5) is 23.1 Å². The van der Waals surface area contributed by atoms with Crippen molar-refractivity contribution in [3.63, 3.8) is 0 Å². The van der Waals surface area contributed by atoms with Gasteiger partial charge >= 0.3 is 0 Å². The van der Waals surface area contributed by atoms with Crippen molar-refractivity contribution in [1.29, 1.82) is 0 Å². The Morgan fingerprint density at radius 2 is 2.06 bits per heavy atom. The molecule has 0 fully saturated rings. The Morgan fingerprint density at radius 1 is 1.16 bits per heavy atom. The SMILES string of the molecule is OCCCN(c1ccnc(Nc2ccc3c(c2)S(O)(O)NC3)n1)c1cccc2[nH]ncc12. The number of benzene rings is 2. The molecular weight excluding hydrogens is 430 g/mol. The maximum absolute atomic E-state index is 10.2. The standard InChI is InChI=1S/C21H23N7O3S/c29-10-2-9-28(18-4-1-3-17-16(18)13-23-27-17)20-7-8-22-21(26-20)25-15-6-5-14-12-24-32(30,31)19(14)11-15/h1,3-8,11,13,24,29-31H,2,9-10,12H2,(H,23,27)(H,22,25,26). The number of aliphatic hydroxyl groups excluding tert-OH is 1. The molecule has 11 heteroatoms. The van der Waals surface area contributed by atoms with Gasteiger partial charge in [0, 0.05) is 37.0 Å². The molecule has 0 aliphatic carbocycles. The lowest BCUT2D eigenvalue weighted by molar-refractivity contribution is 0.291. The third-order valence-corrected chi connectivity index (χ3v) is 6.84. The van der Waals surface area contributed by atoms with E-state index in [2.05, 4.69) is 30.2 Å². The number of fused-ring (bicyclic) bond motifs is 2. The molecule has 0 radical (unpaired) electrons. The second kappa shape index (κ2) is 8.37. The Labute approximate surface area is 185 Å². The quantitative estimate of drug-likeness (QED) is 0.247. The molecule has 10 nitrogen and oxygen atoms in total. The van der Waals surface area contributed by atoms with Gasteiger partial charge in [-0.25, -0.2) is 9.71 Å². The van der Waals surface area contributed by atoms with E-state index in [-0.39, 0.29) is 6.61 Å². The van der Waals surface area contributed by atoms with Crippen LogP contribution in [0.3, 0.4) is 0 Å². The molecule has 4 aromatic rings. The summed E-state index contributed by atoms with van der Waals surface area (Å²) in [6.45, 7) is 1.04. The number of aliphatic hydroxyl groups is 1. The number of nitrogens with zero attached hydrogens (tertiary/aromatic N) is 4. The summed E-state index contributed by atoms with van der Waals surface area (Å²) in [7, 11) is -2.98. The molecule has 166 valence electrons. The zero-order chi connectivity index (χ0) is 22.1. The summed E-state index contributed by atoms with van der Waals surface area (Å²) in [6.07, 6.45) is 4.00. The van der Waals surface area contributed by atoms with Gasteiger partial charge in [-0.3, -0.25) is 14.2 Å². The Kier molecular flexibility index (Phi) is 5.41. The van der Waals surface area contributed by atoms with E-state index in [1.807, 2.05) is 41.3 Å². The van der Waals surface area contributed by atoms with Crippen LogP contribution in [0.1, 0.15) is 12.0 Å². The van der Waals surface area contributed by atoms with Crippen LogP contribution in [0, 0.1) is 0 Å². The number of nitrogens with one attached hydrogen (secondary N) is 3. The molecule has 0 saturated carbocycles. The molecule has 1 aliphatic rings. The van der Waals surface area contributed by atoms with Crippen LogP contribution in [-0.2, 0) is 6.54 Å². The third kappa shape index (κ3) is 3.87. The second-order valence-electron chi connectivity index (χ2n) is 7.39. The van der Waals surface area contributed by atoms with Crippen LogP contribution in [0.5, 0.6) is 0 Å². The summed E-state index contributed by atoms with van der Waals surface area (Å²) in [5.74, 6) is 1.04. The molecule has 3 heterocycles. The molecule has 0 bridgehead atoms. The molecule has 0 atom stereocenters. The molecule has 32 heavy (non-hydrogen) atoms. The van der Waals surface area contributed by atoms with Crippen LogP contribution in [0.25, 0.3) is 10.9 Å². The van der Waals surface area contributed by atoms with Gasteiger partial charge in [0.15, 0.2) is 0 Å². The van der Waals surface area contributed by atoms with E-state index < -0.39 is 10.8 Å². The van der Waals surface area contributed by atoms with Crippen molar-refractivity contribution < 1.29 is 14.2 Å².